The molecule has 0 aromatic carbocycles. The van der Waals surface area contributed by atoms with E-state index in [4.69, 9.17) is 9.47 Å². The normalized spacial score (nSPS) is 16.8. The van der Waals surface area contributed by atoms with Gasteiger partial charge in [-0.25, -0.2) is 0 Å². The van der Waals surface area contributed by atoms with E-state index in [1.54, 1.807) is 20.4 Å². The van der Waals surface area contributed by atoms with Gasteiger partial charge >= 0.3 is 0 Å². The largest absolute Gasteiger partial charge is 0.493 e. The first kappa shape index (κ1) is 14.5. The Bertz CT molecular complexity index is 416. The monoisotopic (exact) mass is 282 g/mol. The first-order valence-electron chi connectivity index (χ1n) is 6.56. The molecular formula is C14H22N2O2S. The second-order valence-corrected chi connectivity index (χ2v) is 6.11. The fourth-order valence-electron chi connectivity index (χ4n) is 2.41. The predicted molar refractivity (Wildman–Crippen MR) is 79.1 cm³/mol. The van der Waals surface area contributed by atoms with E-state index in [-0.39, 0.29) is 0 Å². The van der Waals surface area contributed by atoms with Crippen LogP contribution < -0.4 is 14.8 Å². The first-order valence-corrected chi connectivity index (χ1v) is 7.79. The van der Waals surface area contributed by atoms with Gasteiger partial charge in [0.1, 0.15) is 0 Å². The lowest BCUT2D eigenvalue weighted by Gasteiger charge is -2.40. The Morgan fingerprint density at radius 2 is 2.16 bits per heavy atom. The Morgan fingerprint density at radius 3 is 2.68 bits per heavy atom. The van der Waals surface area contributed by atoms with Crippen LogP contribution in [0.1, 0.15) is 25.0 Å². The molecule has 106 valence electrons. The Balaban J connectivity index is 1.95. The maximum Gasteiger partial charge on any atom is 0.183 e. The van der Waals surface area contributed by atoms with Crippen molar-refractivity contribution in [1.29, 1.82) is 0 Å². The summed E-state index contributed by atoms with van der Waals surface area (Å²) in [6.07, 6.45) is 7.92. The summed E-state index contributed by atoms with van der Waals surface area (Å²) < 4.78 is 11.1. The predicted octanol–water partition coefficient (Wildman–Crippen LogP) is 2.47. The van der Waals surface area contributed by atoms with Crippen LogP contribution in [0.4, 0.5) is 0 Å². The molecule has 1 heterocycles. The van der Waals surface area contributed by atoms with Crippen LogP contribution in [0.5, 0.6) is 11.5 Å². The summed E-state index contributed by atoms with van der Waals surface area (Å²) >= 11 is 1.97. The highest BCUT2D eigenvalue weighted by Crippen LogP contribution is 2.42. The van der Waals surface area contributed by atoms with Gasteiger partial charge in [-0.3, -0.25) is 4.98 Å². The molecule has 0 bridgehead atoms. The molecule has 0 aliphatic heterocycles. The van der Waals surface area contributed by atoms with Crippen molar-refractivity contribution in [2.45, 2.75) is 30.6 Å². The minimum absolute atomic E-state index is 0.437. The van der Waals surface area contributed by atoms with Crippen molar-refractivity contribution in [3.8, 4) is 11.5 Å². The molecule has 1 saturated carbocycles. The maximum atomic E-state index is 5.38. The molecule has 19 heavy (non-hydrogen) atoms. The third kappa shape index (κ3) is 3.15. The zero-order chi connectivity index (χ0) is 13.7. The quantitative estimate of drug-likeness (QED) is 0.832. The Hall–Kier alpha value is -0.940. The van der Waals surface area contributed by atoms with Gasteiger partial charge in [0.05, 0.1) is 19.9 Å². The van der Waals surface area contributed by atoms with E-state index in [0.717, 1.165) is 23.7 Å². The number of hydrogen-bond donors (Lipinski definition) is 1. The summed E-state index contributed by atoms with van der Waals surface area (Å²) in [5, 5.41) is 3.50. The smallest absolute Gasteiger partial charge is 0.183 e. The average Bonchev–Trinajstić information content (AvgIpc) is 2.41. The molecule has 1 N–H and O–H groups in total. The van der Waals surface area contributed by atoms with Crippen LogP contribution in [0, 0.1) is 0 Å². The second kappa shape index (κ2) is 6.48. The van der Waals surface area contributed by atoms with Gasteiger partial charge in [0.15, 0.2) is 11.5 Å². The number of rotatable bonds is 7. The third-order valence-corrected chi connectivity index (χ3v) is 5.22. The lowest BCUT2D eigenvalue weighted by atomic mass is 9.84. The zero-order valence-corrected chi connectivity index (χ0v) is 12.7. The molecule has 1 fully saturated rings. The molecule has 1 aromatic heterocycles. The van der Waals surface area contributed by atoms with Gasteiger partial charge in [-0.05, 0) is 19.1 Å². The van der Waals surface area contributed by atoms with Crippen molar-refractivity contribution in [3.05, 3.63) is 18.0 Å². The van der Waals surface area contributed by atoms with Gasteiger partial charge < -0.3 is 14.8 Å². The van der Waals surface area contributed by atoms with Crippen LogP contribution in [0.2, 0.25) is 0 Å². The van der Waals surface area contributed by atoms with Crippen LogP contribution in [0.3, 0.4) is 0 Å². The molecule has 4 nitrogen and oxygen atoms in total. The highest BCUT2D eigenvalue weighted by Gasteiger charge is 2.35. The Labute approximate surface area is 119 Å². The van der Waals surface area contributed by atoms with E-state index < -0.39 is 0 Å². The number of pyridine rings is 1. The minimum Gasteiger partial charge on any atom is -0.493 e. The molecule has 0 atom stereocenters. The molecule has 1 aliphatic carbocycles. The fourth-order valence-corrected chi connectivity index (χ4v) is 3.35. The van der Waals surface area contributed by atoms with Crippen molar-refractivity contribution in [3.63, 3.8) is 0 Å². The highest BCUT2D eigenvalue weighted by molar-refractivity contribution is 8.00. The van der Waals surface area contributed by atoms with E-state index in [9.17, 15) is 0 Å². The van der Waals surface area contributed by atoms with E-state index in [1.807, 2.05) is 17.8 Å². The SMILES string of the molecule is COc1ccnc(CNCC2(SC)CCC2)c1OC. The van der Waals surface area contributed by atoms with Crippen molar-refractivity contribution in [1.82, 2.24) is 10.3 Å². The molecule has 1 aliphatic rings. The van der Waals surface area contributed by atoms with Gasteiger partial charge in [-0.15, -0.1) is 0 Å². The number of methoxy groups -OCH3 is 2. The molecule has 0 unspecified atom stereocenters. The van der Waals surface area contributed by atoms with Gasteiger partial charge in [0.25, 0.3) is 0 Å². The van der Waals surface area contributed by atoms with E-state index in [0.29, 0.717) is 11.3 Å². The molecule has 0 amide bonds. The summed E-state index contributed by atoms with van der Waals surface area (Å²) in [5.74, 6) is 1.46. The molecule has 0 saturated heterocycles. The van der Waals surface area contributed by atoms with Gasteiger partial charge in [0, 0.05) is 30.1 Å². The maximum absolute atomic E-state index is 5.38. The number of aromatic nitrogens is 1. The first-order chi connectivity index (χ1) is 9.24. The van der Waals surface area contributed by atoms with Crippen molar-refractivity contribution < 1.29 is 9.47 Å². The molecule has 0 radical (unpaired) electrons. The van der Waals surface area contributed by atoms with Crippen LogP contribution in [-0.4, -0.2) is 36.8 Å². The van der Waals surface area contributed by atoms with Crippen molar-refractivity contribution in [2.75, 3.05) is 27.0 Å². The van der Waals surface area contributed by atoms with Crippen LogP contribution in [-0.2, 0) is 6.54 Å². The molecule has 1 aromatic rings. The molecule has 5 heteroatoms. The fraction of sp³-hybridized carbons (Fsp3) is 0.643. The number of nitrogens with zero attached hydrogens (tertiary/aromatic N) is 1. The van der Waals surface area contributed by atoms with Crippen molar-refractivity contribution >= 4 is 11.8 Å². The average molecular weight is 282 g/mol. The number of ether oxygens (including phenoxy) is 2. The van der Waals surface area contributed by atoms with Gasteiger partial charge in [-0.1, -0.05) is 6.42 Å². The number of hydrogen-bond acceptors (Lipinski definition) is 5. The zero-order valence-electron chi connectivity index (χ0n) is 11.9. The summed E-state index contributed by atoms with van der Waals surface area (Å²) in [5.41, 5.74) is 0.900. The lowest BCUT2D eigenvalue weighted by Crippen LogP contribution is -2.43. The lowest BCUT2D eigenvalue weighted by molar-refractivity contribution is 0.335. The Kier molecular flexibility index (Phi) is 4.93. The van der Waals surface area contributed by atoms with E-state index in [2.05, 4.69) is 16.6 Å². The minimum atomic E-state index is 0.437. The molecular weight excluding hydrogens is 260 g/mol. The summed E-state index contributed by atoms with van der Waals surface area (Å²) in [6.45, 7) is 1.74. The summed E-state index contributed by atoms with van der Waals surface area (Å²) in [7, 11) is 3.30. The second-order valence-electron chi connectivity index (χ2n) is 4.84. The summed E-state index contributed by atoms with van der Waals surface area (Å²) in [6, 6.07) is 1.82. The van der Waals surface area contributed by atoms with Crippen LogP contribution >= 0.6 is 11.8 Å². The van der Waals surface area contributed by atoms with Crippen molar-refractivity contribution in [2.24, 2.45) is 0 Å². The molecule has 0 spiro atoms. The van der Waals surface area contributed by atoms with Crippen LogP contribution in [0.15, 0.2) is 12.3 Å². The summed E-state index contributed by atoms with van der Waals surface area (Å²) in [4.78, 5) is 4.37. The number of thioether (sulfide) groups is 1. The van der Waals surface area contributed by atoms with Gasteiger partial charge in [-0.2, -0.15) is 11.8 Å². The molecule has 2 rings (SSSR count). The van der Waals surface area contributed by atoms with Crippen LogP contribution in [0.25, 0.3) is 0 Å². The van der Waals surface area contributed by atoms with E-state index >= 15 is 0 Å². The third-order valence-electron chi connectivity index (χ3n) is 3.80. The Morgan fingerprint density at radius 1 is 1.37 bits per heavy atom. The number of nitrogens with one attached hydrogen (secondary N) is 1. The van der Waals surface area contributed by atoms with Gasteiger partial charge in [0.2, 0.25) is 0 Å². The highest BCUT2D eigenvalue weighted by atomic mass is 32.2. The standard InChI is InChI=1S/C14H22N2O2S/c1-17-12-5-8-16-11(13(12)18-2)9-15-10-14(19-3)6-4-7-14/h5,8,15H,4,6-7,9-10H2,1-3H3. The topological polar surface area (TPSA) is 43.4 Å². The van der Waals surface area contributed by atoms with E-state index in [1.165, 1.54) is 19.3 Å².